The quantitative estimate of drug-likeness (QED) is 0.363. The number of para-hydroxylation sites is 1. The first kappa shape index (κ1) is 26.4. The van der Waals surface area contributed by atoms with E-state index in [9.17, 15) is 4.79 Å². The number of guanidine groups is 1. The van der Waals surface area contributed by atoms with Gasteiger partial charge in [-0.25, -0.2) is 9.79 Å². The summed E-state index contributed by atoms with van der Waals surface area (Å²) in [5.74, 6) is 0.583. The topological polar surface area (TPSA) is 101 Å². The predicted octanol–water partition coefficient (Wildman–Crippen LogP) is 4.18. The summed E-state index contributed by atoms with van der Waals surface area (Å²) in [7, 11) is 2.17. The van der Waals surface area contributed by atoms with E-state index in [0.717, 1.165) is 43.2 Å². The lowest BCUT2D eigenvalue weighted by Gasteiger charge is -2.34. The van der Waals surface area contributed by atoms with Gasteiger partial charge in [0, 0.05) is 61.2 Å². The van der Waals surface area contributed by atoms with Gasteiger partial charge in [-0.05, 0) is 69.4 Å². The number of carbonyl (C=O) groups is 1. The molecular weight excluding hydrogens is 488 g/mol. The van der Waals surface area contributed by atoms with Crippen LogP contribution in [-0.4, -0.2) is 62.5 Å². The molecule has 0 radical (unpaired) electrons. The maximum atomic E-state index is 12.4. The van der Waals surface area contributed by atoms with Crippen LogP contribution in [0.25, 0.3) is 0 Å². The summed E-state index contributed by atoms with van der Waals surface area (Å²) >= 11 is 0. The number of hydrogen-bond donors (Lipinski definition) is 4. The zero-order chi connectivity index (χ0) is 27.2. The monoisotopic (exact) mass is 525 g/mol. The molecule has 2 amide bonds. The van der Waals surface area contributed by atoms with Crippen LogP contribution < -0.4 is 26.2 Å². The van der Waals surface area contributed by atoms with E-state index in [1.54, 1.807) is 0 Å². The van der Waals surface area contributed by atoms with Crippen molar-refractivity contribution in [3.05, 3.63) is 78.9 Å². The zero-order valence-electron chi connectivity index (χ0n) is 22.8. The van der Waals surface area contributed by atoms with Crippen molar-refractivity contribution in [3.63, 3.8) is 0 Å². The summed E-state index contributed by atoms with van der Waals surface area (Å²) in [6.07, 6.45) is 1.83. The molecule has 5 N–H and O–H groups in total. The number of urea groups is 1. The number of nitrogens with one attached hydrogen (secondary N) is 3. The Morgan fingerprint density at radius 1 is 0.872 bits per heavy atom. The number of carbonyl (C=O) groups excluding carboxylic acids is 1. The Bertz CT molecular complexity index is 1330. The molecule has 39 heavy (non-hydrogen) atoms. The van der Waals surface area contributed by atoms with Gasteiger partial charge in [-0.3, -0.25) is 5.32 Å². The minimum absolute atomic E-state index is 0.129. The predicted molar refractivity (Wildman–Crippen MR) is 160 cm³/mol. The fourth-order valence-electron chi connectivity index (χ4n) is 4.62. The van der Waals surface area contributed by atoms with Gasteiger partial charge in [-0.1, -0.05) is 24.3 Å². The van der Waals surface area contributed by atoms with E-state index in [0.29, 0.717) is 11.6 Å². The van der Waals surface area contributed by atoms with Gasteiger partial charge in [0.1, 0.15) is 5.69 Å². The van der Waals surface area contributed by atoms with E-state index in [2.05, 4.69) is 81.2 Å². The molecule has 2 aliphatic rings. The van der Waals surface area contributed by atoms with E-state index in [-0.39, 0.29) is 17.6 Å². The van der Waals surface area contributed by atoms with Gasteiger partial charge in [-0.15, -0.1) is 0 Å². The second-order valence-electron chi connectivity index (χ2n) is 10.7. The first-order valence-corrected chi connectivity index (χ1v) is 13.4. The van der Waals surface area contributed by atoms with Crippen molar-refractivity contribution in [2.24, 2.45) is 15.4 Å². The number of aliphatic imine (C=N–C) groups is 2. The molecule has 1 fully saturated rings. The minimum Gasteiger partial charge on any atom is -0.369 e. The Morgan fingerprint density at radius 2 is 1.56 bits per heavy atom. The molecule has 2 aliphatic heterocycles. The van der Waals surface area contributed by atoms with Crippen molar-refractivity contribution in [3.8, 4) is 0 Å². The van der Waals surface area contributed by atoms with Gasteiger partial charge in [-0.2, -0.15) is 4.99 Å². The Kier molecular flexibility index (Phi) is 7.90. The molecule has 9 nitrogen and oxygen atoms in total. The van der Waals surface area contributed by atoms with Gasteiger partial charge < -0.3 is 25.8 Å². The molecule has 3 aromatic rings. The molecule has 0 spiro atoms. The van der Waals surface area contributed by atoms with Crippen LogP contribution in [0.15, 0.2) is 88.8 Å². The van der Waals surface area contributed by atoms with Gasteiger partial charge in [0.25, 0.3) is 0 Å². The molecule has 5 rings (SSSR count). The van der Waals surface area contributed by atoms with Crippen LogP contribution in [0.4, 0.5) is 33.2 Å². The lowest BCUT2D eigenvalue weighted by atomic mass is 9.90. The number of amides is 2. The smallest absolute Gasteiger partial charge is 0.323 e. The Labute approximate surface area is 230 Å². The Morgan fingerprint density at radius 3 is 2.31 bits per heavy atom. The third kappa shape index (κ3) is 7.01. The van der Waals surface area contributed by atoms with E-state index in [1.165, 1.54) is 5.69 Å². The molecule has 1 unspecified atom stereocenters. The van der Waals surface area contributed by atoms with E-state index >= 15 is 0 Å². The minimum atomic E-state index is -0.286. The molecule has 9 heteroatoms. The van der Waals surface area contributed by atoms with Crippen molar-refractivity contribution in [1.82, 2.24) is 4.90 Å². The molecule has 0 aliphatic carbocycles. The molecule has 0 bridgehead atoms. The summed E-state index contributed by atoms with van der Waals surface area (Å²) in [5.41, 5.74) is 4.36. The van der Waals surface area contributed by atoms with Crippen LogP contribution >= 0.6 is 0 Å². The summed E-state index contributed by atoms with van der Waals surface area (Å²) < 4.78 is 0. The number of nitrogens with zero attached hydrogens (tertiary/aromatic N) is 4. The third-order valence-electron chi connectivity index (χ3n) is 7.06. The van der Waals surface area contributed by atoms with Crippen molar-refractivity contribution in [2.45, 2.75) is 20.0 Å². The van der Waals surface area contributed by atoms with Crippen molar-refractivity contribution >= 4 is 46.6 Å². The standard InChI is InChI=1S/C30H36N8O/c1-30(2)21-31-28(33-23-12-14-26(15-13-23)38-18-16-37(3)17-19-38)36-27(30)32-24-10-7-11-25(20-24)35-29(39)34-22-8-5-4-6-9-22/h4-15,20-21,27,32H,16-19H2,1-3H3,(H,33,36)(H2,34,35,39)/p+1. The van der Waals surface area contributed by atoms with Gasteiger partial charge in [0.2, 0.25) is 5.96 Å². The van der Waals surface area contributed by atoms with Gasteiger partial charge in [0.15, 0.2) is 6.17 Å². The normalized spacial score (nSPS) is 18.8. The molecule has 1 atom stereocenters. The van der Waals surface area contributed by atoms with Crippen LogP contribution in [0.5, 0.6) is 0 Å². The number of nitrogens with two attached hydrogens (primary N) is 1. The second kappa shape index (κ2) is 11.7. The molecule has 0 saturated carbocycles. The SMILES string of the molecule is CN1CCN(c2ccc(NC3=NC([NH2+]c4cccc(NC(=O)Nc5ccccc5)c4)C(C)(C)C=N3)cc2)CC1. The fourth-order valence-corrected chi connectivity index (χ4v) is 4.62. The number of benzene rings is 3. The molecular formula is C30H37N8O+. The number of piperazine rings is 1. The summed E-state index contributed by atoms with van der Waals surface area (Å²) in [6.45, 7) is 8.50. The van der Waals surface area contributed by atoms with Crippen LogP contribution in [0.1, 0.15) is 13.8 Å². The number of rotatable bonds is 6. The average Bonchev–Trinajstić information content (AvgIpc) is 2.92. The fraction of sp³-hybridized carbons (Fsp3) is 0.300. The third-order valence-corrected chi connectivity index (χ3v) is 7.06. The van der Waals surface area contributed by atoms with Gasteiger partial charge >= 0.3 is 6.03 Å². The first-order chi connectivity index (χ1) is 18.8. The highest BCUT2D eigenvalue weighted by Gasteiger charge is 2.35. The van der Waals surface area contributed by atoms with E-state index in [1.807, 2.05) is 60.8 Å². The average molecular weight is 526 g/mol. The molecule has 3 aromatic carbocycles. The summed E-state index contributed by atoms with van der Waals surface area (Å²) in [4.78, 5) is 26.7. The lowest BCUT2D eigenvalue weighted by molar-refractivity contribution is -0.620. The Hall–Kier alpha value is -4.21. The number of likely N-dealkylation sites (N-methyl/N-ethyl adjacent to an activating group) is 1. The molecule has 0 aromatic heterocycles. The van der Waals surface area contributed by atoms with E-state index in [4.69, 9.17) is 4.99 Å². The maximum Gasteiger partial charge on any atom is 0.323 e. The second-order valence-corrected chi connectivity index (χ2v) is 10.7. The summed E-state index contributed by atoms with van der Waals surface area (Å²) in [5, 5.41) is 11.2. The highest BCUT2D eigenvalue weighted by Crippen LogP contribution is 2.24. The number of anilines is 4. The van der Waals surface area contributed by atoms with Crippen LogP contribution in [0.3, 0.4) is 0 Å². The van der Waals surface area contributed by atoms with Crippen LogP contribution in [0, 0.1) is 5.41 Å². The highest BCUT2D eigenvalue weighted by atomic mass is 16.2. The molecule has 202 valence electrons. The van der Waals surface area contributed by atoms with Crippen LogP contribution in [0.2, 0.25) is 0 Å². The largest absolute Gasteiger partial charge is 0.369 e. The van der Waals surface area contributed by atoms with Crippen molar-refractivity contribution in [2.75, 3.05) is 54.1 Å². The maximum absolute atomic E-state index is 12.4. The van der Waals surface area contributed by atoms with Gasteiger partial charge in [0.05, 0.1) is 5.41 Å². The summed E-state index contributed by atoms with van der Waals surface area (Å²) in [6, 6.07) is 25.3. The van der Waals surface area contributed by atoms with E-state index < -0.39 is 0 Å². The van der Waals surface area contributed by atoms with Crippen LogP contribution in [-0.2, 0) is 0 Å². The number of hydrogen-bond acceptors (Lipinski definition) is 6. The Balaban J connectivity index is 1.22. The highest BCUT2D eigenvalue weighted by molar-refractivity contribution is 6.01. The number of quaternary nitrogens is 1. The zero-order valence-corrected chi connectivity index (χ0v) is 22.8. The lowest BCUT2D eigenvalue weighted by Crippen LogP contribution is -2.87. The molecule has 1 saturated heterocycles. The first-order valence-electron chi connectivity index (χ1n) is 13.4. The van der Waals surface area contributed by atoms with Crippen molar-refractivity contribution in [1.29, 1.82) is 0 Å². The van der Waals surface area contributed by atoms with Crippen molar-refractivity contribution < 1.29 is 10.1 Å². The molecule has 2 heterocycles.